The lowest BCUT2D eigenvalue weighted by atomic mass is 10.2. The summed E-state index contributed by atoms with van der Waals surface area (Å²) in [6.07, 6.45) is 0. The van der Waals surface area contributed by atoms with E-state index in [2.05, 4.69) is 4.99 Å². The third-order valence-corrected chi connectivity index (χ3v) is 1.49. The monoisotopic (exact) mass is 155 g/mol. The van der Waals surface area contributed by atoms with Crippen molar-refractivity contribution >= 4 is 11.7 Å². The molecule has 60 valence electrons. The molecule has 0 aromatic carbocycles. The van der Waals surface area contributed by atoms with Crippen molar-refractivity contribution in [3.8, 4) is 0 Å². The minimum Gasteiger partial charge on any atom is -0.509 e. The number of carbonyl (C=O) groups is 1. The highest BCUT2D eigenvalue weighted by molar-refractivity contribution is 6.21. The quantitative estimate of drug-likeness (QED) is 0.454. The van der Waals surface area contributed by atoms with Gasteiger partial charge in [0.05, 0.1) is 0 Å². The van der Waals surface area contributed by atoms with Crippen LogP contribution < -0.4 is 11.5 Å². The van der Waals surface area contributed by atoms with Crippen molar-refractivity contribution in [2.45, 2.75) is 13.0 Å². The molecule has 1 aliphatic rings. The summed E-state index contributed by atoms with van der Waals surface area (Å²) in [4.78, 5) is 14.4. The third-order valence-electron chi connectivity index (χ3n) is 1.49. The number of hydrogen-bond acceptors (Lipinski definition) is 4. The molecule has 0 spiro atoms. The van der Waals surface area contributed by atoms with Gasteiger partial charge < -0.3 is 16.6 Å². The standard InChI is InChI=1S/C6H9N3O2/c1-2-4(10)3(6(8)11)5(7)9-2/h2,10H,1H3,(H2,7,9)(H2,8,11). The first-order valence-corrected chi connectivity index (χ1v) is 3.10. The summed E-state index contributed by atoms with van der Waals surface area (Å²) in [6.45, 7) is 1.62. The van der Waals surface area contributed by atoms with Crippen LogP contribution in [0.2, 0.25) is 0 Å². The van der Waals surface area contributed by atoms with Gasteiger partial charge in [-0.1, -0.05) is 0 Å². The molecule has 1 rings (SSSR count). The zero-order valence-electron chi connectivity index (χ0n) is 6.03. The number of aliphatic hydroxyl groups excluding tert-OH is 1. The van der Waals surface area contributed by atoms with E-state index in [1.807, 2.05) is 0 Å². The molecular formula is C6H9N3O2. The second-order valence-corrected chi connectivity index (χ2v) is 2.31. The molecule has 0 saturated carbocycles. The van der Waals surface area contributed by atoms with Gasteiger partial charge in [0.25, 0.3) is 5.91 Å². The summed E-state index contributed by atoms with van der Waals surface area (Å²) in [5.74, 6) is -0.870. The maximum Gasteiger partial charge on any atom is 0.255 e. The Bertz CT molecular complexity index is 267. The molecule has 5 N–H and O–H groups in total. The van der Waals surface area contributed by atoms with E-state index in [0.717, 1.165) is 0 Å². The molecule has 0 bridgehead atoms. The summed E-state index contributed by atoms with van der Waals surface area (Å²) in [6, 6.07) is -0.447. The van der Waals surface area contributed by atoms with Crippen LogP contribution in [0.1, 0.15) is 6.92 Å². The van der Waals surface area contributed by atoms with Crippen molar-refractivity contribution in [3.63, 3.8) is 0 Å². The molecule has 0 saturated heterocycles. The third kappa shape index (κ3) is 1.04. The number of amidine groups is 1. The fourth-order valence-corrected chi connectivity index (χ4v) is 0.927. The Balaban J connectivity index is 3.10. The van der Waals surface area contributed by atoms with Gasteiger partial charge in [-0.05, 0) is 6.92 Å². The lowest BCUT2D eigenvalue weighted by Gasteiger charge is -1.98. The van der Waals surface area contributed by atoms with Gasteiger partial charge in [-0.15, -0.1) is 0 Å². The molecule has 1 heterocycles. The van der Waals surface area contributed by atoms with Crippen LogP contribution in [0, 0.1) is 0 Å². The van der Waals surface area contributed by atoms with E-state index in [1.54, 1.807) is 6.92 Å². The number of amides is 1. The Morgan fingerprint density at radius 3 is 2.45 bits per heavy atom. The molecule has 0 radical (unpaired) electrons. The molecule has 0 aromatic heterocycles. The summed E-state index contributed by atoms with van der Waals surface area (Å²) >= 11 is 0. The first-order valence-electron chi connectivity index (χ1n) is 3.10. The van der Waals surface area contributed by atoms with Crippen LogP contribution in [0.5, 0.6) is 0 Å². The van der Waals surface area contributed by atoms with Gasteiger partial charge >= 0.3 is 0 Å². The Hall–Kier alpha value is -1.52. The van der Waals surface area contributed by atoms with Gasteiger partial charge in [0.15, 0.2) is 0 Å². The van der Waals surface area contributed by atoms with Crippen LogP contribution >= 0.6 is 0 Å². The van der Waals surface area contributed by atoms with E-state index in [-0.39, 0.29) is 17.2 Å². The number of aliphatic hydroxyl groups is 1. The zero-order chi connectivity index (χ0) is 8.59. The topological polar surface area (TPSA) is 102 Å². The molecule has 0 aliphatic carbocycles. The number of aliphatic imine (C=N–C) groups is 1. The number of nitrogens with zero attached hydrogens (tertiary/aromatic N) is 1. The number of carbonyl (C=O) groups excluding carboxylic acids is 1. The van der Waals surface area contributed by atoms with Crippen molar-refractivity contribution in [2.24, 2.45) is 16.5 Å². The average Bonchev–Trinajstić information content (AvgIpc) is 2.07. The van der Waals surface area contributed by atoms with Crippen LogP contribution in [0.25, 0.3) is 0 Å². The van der Waals surface area contributed by atoms with Crippen molar-refractivity contribution < 1.29 is 9.90 Å². The Morgan fingerprint density at radius 1 is 1.73 bits per heavy atom. The molecule has 5 nitrogen and oxygen atoms in total. The predicted octanol–water partition coefficient (Wildman–Crippen LogP) is -0.957. The second-order valence-electron chi connectivity index (χ2n) is 2.31. The van der Waals surface area contributed by atoms with Crippen LogP contribution in [0.3, 0.4) is 0 Å². The molecule has 1 atom stereocenters. The number of hydrogen-bond donors (Lipinski definition) is 3. The van der Waals surface area contributed by atoms with Gasteiger partial charge in [-0.25, -0.2) is 0 Å². The fraction of sp³-hybridized carbons (Fsp3) is 0.333. The van der Waals surface area contributed by atoms with E-state index < -0.39 is 11.9 Å². The van der Waals surface area contributed by atoms with E-state index in [0.29, 0.717) is 0 Å². The second kappa shape index (κ2) is 2.26. The number of rotatable bonds is 1. The maximum absolute atomic E-state index is 10.6. The van der Waals surface area contributed by atoms with E-state index in [1.165, 1.54) is 0 Å². The van der Waals surface area contributed by atoms with E-state index in [4.69, 9.17) is 11.5 Å². The molecule has 1 amide bonds. The number of nitrogens with two attached hydrogens (primary N) is 2. The van der Waals surface area contributed by atoms with Gasteiger partial charge in [0.2, 0.25) is 0 Å². The minimum atomic E-state index is -0.742. The molecule has 0 fully saturated rings. The number of primary amides is 1. The summed E-state index contributed by atoms with van der Waals surface area (Å²) in [7, 11) is 0. The smallest absolute Gasteiger partial charge is 0.255 e. The van der Waals surface area contributed by atoms with Crippen molar-refractivity contribution in [2.75, 3.05) is 0 Å². The normalized spacial score (nSPS) is 23.7. The van der Waals surface area contributed by atoms with Crippen LogP contribution in [-0.4, -0.2) is 22.9 Å². The summed E-state index contributed by atoms with van der Waals surface area (Å²) in [5.41, 5.74) is 10.2. The molecule has 1 unspecified atom stereocenters. The van der Waals surface area contributed by atoms with Gasteiger partial charge in [-0.3, -0.25) is 9.79 Å². The minimum absolute atomic E-state index is 0.0162. The molecule has 0 aromatic rings. The van der Waals surface area contributed by atoms with E-state index >= 15 is 0 Å². The van der Waals surface area contributed by atoms with Crippen molar-refractivity contribution in [3.05, 3.63) is 11.3 Å². The van der Waals surface area contributed by atoms with E-state index in [9.17, 15) is 9.90 Å². The summed E-state index contributed by atoms with van der Waals surface area (Å²) in [5, 5.41) is 9.18. The molecular weight excluding hydrogens is 146 g/mol. The van der Waals surface area contributed by atoms with Gasteiger partial charge in [-0.2, -0.15) is 0 Å². The van der Waals surface area contributed by atoms with Gasteiger partial charge in [0, 0.05) is 0 Å². The lowest BCUT2D eigenvalue weighted by molar-refractivity contribution is -0.114. The Labute approximate surface area is 63.4 Å². The highest BCUT2D eigenvalue weighted by Crippen LogP contribution is 2.16. The molecule has 5 heteroatoms. The maximum atomic E-state index is 10.6. The van der Waals surface area contributed by atoms with Crippen molar-refractivity contribution in [1.82, 2.24) is 0 Å². The Morgan fingerprint density at radius 2 is 2.27 bits per heavy atom. The highest BCUT2D eigenvalue weighted by atomic mass is 16.3. The molecule has 1 aliphatic heterocycles. The highest BCUT2D eigenvalue weighted by Gasteiger charge is 2.26. The van der Waals surface area contributed by atoms with Crippen LogP contribution in [0.15, 0.2) is 16.3 Å². The Kier molecular flexibility index (Phi) is 1.56. The average molecular weight is 155 g/mol. The molecule has 11 heavy (non-hydrogen) atoms. The van der Waals surface area contributed by atoms with Crippen LogP contribution in [0.4, 0.5) is 0 Å². The SMILES string of the molecule is CC1N=C(N)C(C(N)=O)=C1O. The largest absolute Gasteiger partial charge is 0.509 e. The van der Waals surface area contributed by atoms with Crippen LogP contribution in [-0.2, 0) is 4.79 Å². The fourth-order valence-electron chi connectivity index (χ4n) is 0.927. The summed E-state index contributed by atoms with van der Waals surface area (Å²) < 4.78 is 0. The first kappa shape index (κ1) is 7.59. The predicted molar refractivity (Wildman–Crippen MR) is 39.9 cm³/mol. The lowest BCUT2D eigenvalue weighted by Crippen LogP contribution is -2.25. The van der Waals surface area contributed by atoms with Crippen molar-refractivity contribution in [1.29, 1.82) is 0 Å². The zero-order valence-corrected chi connectivity index (χ0v) is 6.03. The first-order chi connectivity index (χ1) is 5.04. The van der Waals surface area contributed by atoms with Gasteiger partial charge in [0.1, 0.15) is 23.2 Å².